The van der Waals surface area contributed by atoms with Crippen LogP contribution in [0.25, 0.3) is 0 Å². The molecule has 3 aromatic rings. The van der Waals surface area contributed by atoms with Crippen molar-refractivity contribution in [2.24, 2.45) is 5.92 Å². The van der Waals surface area contributed by atoms with Crippen LogP contribution in [-0.2, 0) is 30.1 Å². The lowest BCUT2D eigenvalue weighted by Crippen LogP contribution is -2.55. The van der Waals surface area contributed by atoms with Crippen molar-refractivity contribution < 1.29 is 24.2 Å². The molecule has 2 saturated heterocycles. The van der Waals surface area contributed by atoms with Crippen LogP contribution in [0.3, 0.4) is 0 Å². The fraction of sp³-hybridized carbons (Fsp3) is 0.462. The quantitative estimate of drug-likeness (QED) is 0.228. The Morgan fingerprint density at radius 2 is 1.46 bits per heavy atom. The Hall–Kier alpha value is -3.72. The number of ether oxygens (including phenoxy) is 1. The van der Waals surface area contributed by atoms with Crippen molar-refractivity contribution in [2.75, 3.05) is 33.3 Å². The molecule has 1 atom stereocenters. The van der Waals surface area contributed by atoms with Gasteiger partial charge in [0.05, 0.1) is 25.3 Å². The largest absolute Gasteiger partial charge is 0.469 e. The van der Waals surface area contributed by atoms with E-state index >= 15 is 0 Å². The van der Waals surface area contributed by atoms with Crippen molar-refractivity contribution in [1.29, 1.82) is 0 Å². The highest BCUT2D eigenvalue weighted by Crippen LogP contribution is 2.39. The van der Waals surface area contributed by atoms with Crippen LogP contribution in [0, 0.1) is 5.92 Å². The summed E-state index contributed by atoms with van der Waals surface area (Å²) >= 11 is 6.12. The predicted octanol–water partition coefficient (Wildman–Crippen LogP) is 6.04. The number of nitrogens with zero attached hydrogens (tertiary/aromatic N) is 2. The number of hydrogen-bond acceptors (Lipinski definition) is 6. The first kappa shape index (κ1) is 35.6. The van der Waals surface area contributed by atoms with Gasteiger partial charge in [0, 0.05) is 49.0 Å². The summed E-state index contributed by atoms with van der Waals surface area (Å²) in [6.07, 6.45) is 3.71. The van der Waals surface area contributed by atoms with Crippen molar-refractivity contribution in [3.8, 4) is 0 Å². The number of nitrogens with one attached hydrogen (secondary N) is 1. The van der Waals surface area contributed by atoms with Crippen LogP contribution in [0.15, 0.2) is 84.9 Å². The number of rotatable bonds is 12. The zero-order valence-electron chi connectivity index (χ0n) is 28.1. The van der Waals surface area contributed by atoms with Gasteiger partial charge in [0.1, 0.15) is 0 Å². The first-order chi connectivity index (χ1) is 23.1. The molecular weight excluding hydrogens is 626 g/mol. The molecule has 2 heterocycles. The molecule has 0 aliphatic carbocycles. The summed E-state index contributed by atoms with van der Waals surface area (Å²) in [7, 11) is 1.32. The SMILES string of the molecule is COC(=O)CCC(=O)N1CCC(C(=O)NC(CCC(C)(c2ccccc2)c2ccccc2)N2CCC(O)(c3ccc(Cl)cc3)CC2)CC1. The molecule has 2 N–H and O–H groups in total. The number of halogens is 1. The number of piperidine rings is 2. The molecule has 5 rings (SSSR count). The minimum atomic E-state index is -0.953. The van der Waals surface area contributed by atoms with Gasteiger partial charge in [-0.3, -0.25) is 19.3 Å². The topological polar surface area (TPSA) is 99.2 Å². The molecule has 256 valence electrons. The van der Waals surface area contributed by atoms with Gasteiger partial charge in [0.15, 0.2) is 0 Å². The lowest BCUT2D eigenvalue weighted by atomic mass is 9.72. The van der Waals surface area contributed by atoms with Gasteiger partial charge in [0.25, 0.3) is 0 Å². The molecule has 2 fully saturated rings. The average molecular weight is 674 g/mol. The Kier molecular flexibility index (Phi) is 11.9. The number of hydrogen-bond donors (Lipinski definition) is 2. The highest BCUT2D eigenvalue weighted by Gasteiger charge is 2.39. The van der Waals surface area contributed by atoms with Crippen LogP contribution in [0.2, 0.25) is 5.02 Å². The van der Waals surface area contributed by atoms with Crippen molar-refractivity contribution >= 4 is 29.4 Å². The van der Waals surface area contributed by atoms with Gasteiger partial charge in [-0.15, -0.1) is 0 Å². The van der Waals surface area contributed by atoms with E-state index in [1.54, 1.807) is 4.90 Å². The van der Waals surface area contributed by atoms with E-state index in [1.165, 1.54) is 18.2 Å². The maximum absolute atomic E-state index is 13.9. The number of carbonyl (C=O) groups is 3. The molecule has 2 aliphatic rings. The first-order valence-corrected chi connectivity index (χ1v) is 17.5. The maximum Gasteiger partial charge on any atom is 0.306 e. The van der Waals surface area contributed by atoms with Gasteiger partial charge >= 0.3 is 5.97 Å². The number of carbonyl (C=O) groups excluding carboxylic acids is 3. The summed E-state index contributed by atoms with van der Waals surface area (Å²) in [5.41, 5.74) is 2.08. The Morgan fingerprint density at radius 1 is 0.896 bits per heavy atom. The minimum Gasteiger partial charge on any atom is -0.469 e. The molecule has 0 spiro atoms. The normalized spacial score (nSPS) is 17.8. The molecule has 1 unspecified atom stereocenters. The molecule has 2 amide bonds. The first-order valence-electron chi connectivity index (χ1n) is 17.1. The van der Waals surface area contributed by atoms with Crippen LogP contribution in [0.4, 0.5) is 0 Å². The number of aliphatic hydroxyl groups is 1. The number of amides is 2. The molecule has 8 nitrogen and oxygen atoms in total. The maximum atomic E-state index is 13.9. The summed E-state index contributed by atoms with van der Waals surface area (Å²) in [6, 6.07) is 28.5. The van der Waals surface area contributed by atoms with Gasteiger partial charge in [-0.1, -0.05) is 91.3 Å². The van der Waals surface area contributed by atoms with Gasteiger partial charge in [-0.2, -0.15) is 0 Å². The average Bonchev–Trinajstić information content (AvgIpc) is 3.13. The summed E-state index contributed by atoms with van der Waals surface area (Å²) in [6.45, 7) is 4.51. The van der Waals surface area contributed by atoms with Crippen molar-refractivity contribution in [3.63, 3.8) is 0 Å². The zero-order valence-corrected chi connectivity index (χ0v) is 28.8. The molecule has 3 aromatic carbocycles. The van der Waals surface area contributed by atoms with Crippen LogP contribution in [0.5, 0.6) is 0 Å². The minimum absolute atomic E-state index is 0.00122. The number of likely N-dealkylation sites (tertiary alicyclic amines) is 2. The van der Waals surface area contributed by atoms with Gasteiger partial charge in [0.2, 0.25) is 11.8 Å². The lowest BCUT2D eigenvalue weighted by Gasteiger charge is -2.43. The second-order valence-corrected chi connectivity index (χ2v) is 13.9. The van der Waals surface area contributed by atoms with Gasteiger partial charge < -0.3 is 20.1 Å². The van der Waals surface area contributed by atoms with E-state index in [0.29, 0.717) is 56.9 Å². The van der Waals surface area contributed by atoms with E-state index in [-0.39, 0.29) is 42.2 Å². The zero-order chi connectivity index (χ0) is 34.1. The monoisotopic (exact) mass is 673 g/mol. The van der Waals surface area contributed by atoms with Crippen molar-refractivity contribution in [3.05, 3.63) is 107 Å². The third-order valence-corrected chi connectivity index (χ3v) is 10.7. The van der Waals surface area contributed by atoms with E-state index in [4.69, 9.17) is 11.6 Å². The fourth-order valence-electron chi connectivity index (χ4n) is 7.24. The molecule has 0 bridgehead atoms. The van der Waals surface area contributed by atoms with E-state index in [2.05, 4.69) is 70.4 Å². The van der Waals surface area contributed by atoms with Gasteiger partial charge in [-0.25, -0.2) is 0 Å². The van der Waals surface area contributed by atoms with Gasteiger partial charge in [-0.05, 0) is 67.3 Å². The molecule has 2 aliphatic heterocycles. The highest BCUT2D eigenvalue weighted by atomic mass is 35.5. The second kappa shape index (κ2) is 16.1. The molecule has 0 aromatic heterocycles. The Morgan fingerprint density at radius 3 is 2.00 bits per heavy atom. The molecule has 9 heteroatoms. The Bertz CT molecular complexity index is 1460. The van der Waals surface area contributed by atoms with E-state index in [0.717, 1.165) is 18.4 Å². The van der Waals surface area contributed by atoms with Crippen LogP contribution in [-0.4, -0.2) is 72.1 Å². The lowest BCUT2D eigenvalue weighted by molar-refractivity contribution is -0.144. The third-order valence-electron chi connectivity index (χ3n) is 10.5. The van der Waals surface area contributed by atoms with Crippen LogP contribution >= 0.6 is 11.6 Å². The summed E-state index contributed by atoms with van der Waals surface area (Å²) in [5.74, 6) is -0.688. The van der Waals surface area contributed by atoms with Crippen LogP contribution < -0.4 is 5.32 Å². The second-order valence-electron chi connectivity index (χ2n) is 13.4. The molecule has 48 heavy (non-hydrogen) atoms. The van der Waals surface area contributed by atoms with Crippen molar-refractivity contribution in [2.45, 2.75) is 75.5 Å². The Balaban J connectivity index is 1.30. The van der Waals surface area contributed by atoms with Crippen molar-refractivity contribution in [1.82, 2.24) is 15.1 Å². The predicted molar refractivity (Wildman–Crippen MR) is 187 cm³/mol. The third kappa shape index (κ3) is 8.65. The van der Waals surface area contributed by atoms with E-state index in [9.17, 15) is 19.5 Å². The molecule has 0 saturated carbocycles. The summed E-state index contributed by atoms with van der Waals surface area (Å²) < 4.78 is 4.67. The number of methoxy groups -OCH3 is 1. The Labute approximate surface area is 289 Å². The highest BCUT2D eigenvalue weighted by molar-refractivity contribution is 6.30. The molecular formula is C39H48ClN3O5. The van der Waals surface area contributed by atoms with E-state index in [1.807, 2.05) is 36.4 Å². The van der Waals surface area contributed by atoms with Crippen LogP contribution in [0.1, 0.15) is 75.0 Å². The smallest absolute Gasteiger partial charge is 0.306 e. The number of esters is 1. The fourth-order valence-corrected chi connectivity index (χ4v) is 7.36. The number of benzene rings is 3. The standard InChI is InChI=1S/C39H48ClN3O5/c1-38(30-9-5-3-6-10-30,31-11-7-4-8-12-31)22-19-34(42-27-23-39(47,24-28-42)32-13-15-33(40)16-14-32)41-37(46)29-20-25-43(26-21-29)35(44)17-18-36(45)48-2/h3-16,29,34,47H,17-28H2,1-2H3,(H,41,46). The summed E-state index contributed by atoms with van der Waals surface area (Å²) in [4.78, 5) is 42.1. The molecule has 0 radical (unpaired) electrons. The van der Waals surface area contributed by atoms with E-state index < -0.39 is 11.6 Å². The summed E-state index contributed by atoms with van der Waals surface area (Å²) in [5, 5.41) is 15.7.